The van der Waals surface area contributed by atoms with Crippen molar-refractivity contribution in [2.24, 2.45) is 0 Å². The van der Waals surface area contributed by atoms with Crippen LogP contribution in [0.2, 0.25) is 5.02 Å². The summed E-state index contributed by atoms with van der Waals surface area (Å²) in [6.07, 6.45) is 2.86. The summed E-state index contributed by atoms with van der Waals surface area (Å²) in [5.74, 6) is -0.478. The first-order valence-corrected chi connectivity index (χ1v) is 8.23. The van der Waals surface area contributed by atoms with Gasteiger partial charge in [0, 0.05) is 11.4 Å². The van der Waals surface area contributed by atoms with Crippen molar-refractivity contribution in [2.45, 2.75) is 13.8 Å². The van der Waals surface area contributed by atoms with E-state index in [9.17, 15) is 9.18 Å². The third-order valence-corrected chi connectivity index (χ3v) is 4.09. The minimum atomic E-state index is -0.550. The van der Waals surface area contributed by atoms with Gasteiger partial charge in [-0.2, -0.15) is 0 Å². The highest BCUT2D eigenvalue weighted by Crippen LogP contribution is 2.23. The van der Waals surface area contributed by atoms with E-state index in [4.69, 9.17) is 11.6 Å². The molecule has 7 heteroatoms. The summed E-state index contributed by atoms with van der Waals surface area (Å²) in [6, 6.07) is 9.91. The van der Waals surface area contributed by atoms with Crippen LogP contribution in [-0.2, 0) is 0 Å². The highest BCUT2D eigenvalue weighted by Gasteiger charge is 2.11. The molecule has 1 heterocycles. The lowest BCUT2D eigenvalue weighted by Gasteiger charge is -2.12. The SMILES string of the molecule is Cc1cccc(C)c1Nc1cnc(C(=O)Nc2ccc(F)c(Cl)c2)cn1. The summed E-state index contributed by atoms with van der Waals surface area (Å²) < 4.78 is 13.2. The first kappa shape index (κ1) is 17.8. The third-order valence-electron chi connectivity index (χ3n) is 3.80. The highest BCUT2D eigenvalue weighted by atomic mass is 35.5. The summed E-state index contributed by atoms with van der Waals surface area (Å²) in [4.78, 5) is 20.6. The molecule has 3 aromatic rings. The van der Waals surface area contributed by atoms with Crippen LogP contribution in [0.1, 0.15) is 21.6 Å². The van der Waals surface area contributed by atoms with E-state index in [1.54, 1.807) is 0 Å². The Balaban J connectivity index is 1.72. The van der Waals surface area contributed by atoms with Gasteiger partial charge in [-0.05, 0) is 43.2 Å². The lowest BCUT2D eigenvalue weighted by atomic mass is 10.1. The second-order valence-corrected chi connectivity index (χ2v) is 6.17. The van der Waals surface area contributed by atoms with Gasteiger partial charge in [0.25, 0.3) is 5.91 Å². The van der Waals surface area contributed by atoms with Gasteiger partial charge in [0.1, 0.15) is 17.3 Å². The van der Waals surface area contributed by atoms with Crippen LogP contribution in [0, 0.1) is 19.7 Å². The molecule has 5 nitrogen and oxygen atoms in total. The van der Waals surface area contributed by atoms with Crippen LogP contribution in [0.15, 0.2) is 48.8 Å². The van der Waals surface area contributed by atoms with Crippen molar-refractivity contribution >= 4 is 34.7 Å². The Morgan fingerprint density at radius 1 is 1.08 bits per heavy atom. The minimum Gasteiger partial charge on any atom is -0.339 e. The fourth-order valence-electron chi connectivity index (χ4n) is 2.42. The van der Waals surface area contributed by atoms with Crippen molar-refractivity contribution in [3.8, 4) is 0 Å². The molecule has 132 valence electrons. The number of aryl methyl sites for hydroxylation is 2. The number of amides is 1. The number of carbonyl (C=O) groups is 1. The van der Waals surface area contributed by atoms with Gasteiger partial charge in [0.05, 0.1) is 17.4 Å². The molecule has 3 rings (SSSR count). The molecule has 2 aromatic carbocycles. The highest BCUT2D eigenvalue weighted by molar-refractivity contribution is 6.31. The van der Waals surface area contributed by atoms with E-state index in [1.807, 2.05) is 32.0 Å². The van der Waals surface area contributed by atoms with Gasteiger partial charge in [-0.1, -0.05) is 29.8 Å². The maximum atomic E-state index is 13.2. The van der Waals surface area contributed by atoms with Gasteiger partial charge in [0.15, 0.2) is 0 Å². The van der Waals surface area contributed by atoms with Crippen molar-refractivity contribution in [1.29, 1.82) is 0 Å². The number of carbonyl (C=O) groups excluding carboxylic acids is 1. The molecule has 0 fully saturated rings. The van der Waals surface area contributed by atoms with Crippen molar-refractivity contribution in [1.82, 2.24) is 9.97 Å². The Kier molecular flexibility index (Phi) is 5.14. The molecular weight excluding hydrogens is 355 g/mol. The number of rotatable bonds is 4. The Bertz CT molecular complexity index is 940. The molecule has 0 spiro atoms. The molecule has 0 aliphatic carbocycles. The normalized spacial score (nSPS) is 10.5. The summed E-state index contributed by atoms with van der Waals surface area (Å²) in [5.41, 5.74) is 3.64. The third kappa shape index (κ3) is 3.97. The zero-order valence-corrected chi connectivity index (χ0v) is 14.9. The van der Waals surface area contributed by atoms with Gasteiger partial charge in [-0.15, -0.1) is 0 Å². The van der Waals surface area contributed by atoms with Gasteiger partial charge >= 0.3 is 0 Å². The lowest BCUT2D eigenvalue weighted by molar-refractivity contribution is 0.102. The molecule has 0 atom stereocenters. The van der Waals surface area contributed by atoms with Crippen LogP contribution >= 0.6 is 11.6 Å². The van der Waals surface area contributed by atoms with Crippen LogP contribution < -0.4 is 10.6 Å². The summed E-state index contributed by atoms with van der Waals surface area (Å²) in [7, 11) is 0. The molecule has 26 heavy (non-hydrogen) atoms. The van der Waals surface area contributed by atoms with E-state index in [2.05, 4.69) is 20.6 Å². The van der Waals surface area contributed by atoms with E-state index >= 15 is 0 Å². The lowest BCUT2D eigenvalue weighted by Crippen LogP contribution is -2.14. The van der Waals surface area contributed by atoms with Crippen molar-refractivity contribution < 1.29 is 9.18 Å². The van der Waals surface area contributed by atoms with E-state index in [-0.39, 0.29) is 10.7 Å². The number of aromatic nitrogens is 2. The molecule has 0 aliphatic heterocycles. The zero-order valence-electron chi connectivity index (χ0n) is 14.2. The van der Waals surface area contributed by atoms with Gasteiger partial charge in [0.2, 0.25) is 0 Å². The van der Waals surface area contributed by atoms with Crippen LogP contribution in [0.3, 0.4) is 0 Å². The summed E-state index contributed by atoms with van der Waals surface area (Å²) >= 11 is 5.70. The Morgan fingerprint density at radius 3 is 2.42 bits per heavy atom. The number of anilines is 3. The van der Waals surface area contributed by atoms with Crippen molar-refractivity contribution in [3.63, 3.8) is 0 Å². The molecule has 0 saturated carbocycles. The number of hydrogen-bond acceptors (Lipinski definition) is 4. The second kappa shape index (κ2) is 7.49. The number of benzene rings is 2. The number of halogens is 2. The van der Waals surface area contributed by atoms with E-state index < -0.39 is 11.7 Å². The van der Waals surface area contributed by atoms with E-state index in [0.29, 0.717) is 11.5 Å². The smallest absolute Gasteiger partial charge is 0.275 e. The largest absolute Gasteiger partial charge is 0.339 e. The number of nitrogens with zero attached hydrogens (tertiary/aromatic N) is 2. The maximum Gasteiger partial charge on any atom is 0.275 e. The van der Waals surface area contributed by atoms with E-state index in [1.165, 1.54) is 30.6 Å². The van der Waals surface area contributed by atoms with Gasteiger partial charge < -0.3 is 10.6 Å². The fraction of sp³-hybridized carbons (Fsp3) is 0.105. The molecule has 0 unspecified atom stereocenters. The first-order chi connectivity index (χ1) is 12.4. The van der Waals surface area contributed by atoms with E-state index in [0.717, 1.165) is 16.8 Å². The first-order valence-electron chi connectivity index (χ1n) is 7.86. The van der Waals surface area contributed by atoms with Gasteiger partial charge in [-0.25, -0.2) is 14.4 Å². The van der Waals surface area contributed by atoms with Crippen molar-refractivity contribution in [3.05, 3.63) is 76.5 Å². The Morgan fingerprint density at radius 2 is 1.81 bits per heavy atom. The summed E-state index contributed by atoms with van der Waals surface area (Å²) in [5, 5.41) is 5.74. The average Bonchev–Trinajstić information content (AvgIpc) is 2.62. The number of nitrogens with one attached hydrogen (secondary N) is 2. The maximum absolute atomic E-state index is 13.2. The number of hydrogen-bond donors (Lipinski definition) is 2. The molecule has 0 aliphatic rings. The zero-order chi connectivity index (χ0) is 18.7. The summed E-state index contributed by atoms with van der Waals surface area (Å²) in [6.45, 7) is 4.00. The monoisotopic (exact) mass is 370 g/mol. The molecule has 0 bridgehead atoms. The molecule has 2 N–H and O–H groups in total. The van der Waals surface area contributed by atoms with Crippen LogP contribution in [0.25, 0.3) is 0 Å². The molecule has 0 saturated heterocycles. The quantitative estimate of drug-likeness (QED) is 0.686. The molecule has 1 amide bonds. The Labute approximate surface area is 155 Å². The predicted octanol–water partition coefficient (Wildman–Crippen LogP) is 4.88. The molecule has 0 radical (unpaired) electrons. The topological polar surface area (TPSA) is 66.9 Å². The average molecular weight is 371 g/mol. The second-order valence-electron chi connectivity index (χ2n) is 5.76. The van der Waals surface area contributed by atoms with Crippen LogP contribution in [0.5, 0.6) is 0 Å². The van der Waals surface area contributed by atoms with Crippen LogP contribution in [-0.4, -0.2) is 15.9 Å². The fourth-order valence-corrected chi connectivity index (χ4v) is 2.60. The number of para-hydroxylation sites is 1. The predicted molar refractivity (Wildman–Crippen MR) is 101 cm³/mol. The van der Waals surface area contributed by atoms with Crippen LogP contribution in [0.4, 0.5) is 21.6 Å². The van der Waals surface area contributed by atoms with Gasteiger partial charge in [-0.3, -0.25) is 4.79 Å². The molecule has 1 aromatic heterocycles. The standard InChI is InChI=1S/C19H16ClFN4O/c1-11-4-3-5-12(2)18(11)25-17-10-22-16(9-23-17)19(26)24-13-6-7-15(21)14(20)8-13/h3-10H,1-2H3,(H,23,25)(H,24,26). The Hall–Kier alpha value is -2.99. The van der Waals surface area contributed by atoms with Crippen molar-refractivity contribution in [2.75, 3.05) is 10.6 Å². The molecular formula is C19H16ClFN4O. The minimum absolute atomic E-state index is 0.0676.